The van der Waals surface area contributed by atoms with Gasteiger partial charge in [0.2, 0.25) is 0 Å². The topological polar surface area (TPSA) is 55.1 Å². The first kappa shape index (κ1) is 14.0. The molecule has 0 bridgehead atoms. The molecule has 5 heteroatoms. The van der Waals surface area contributed by atoms with Crippen molar-refractivity contribution >= 4 is 11.6 Å². The van der Waals surface area contributed by atoms with Crippen molar-refractivity contribution in [2.75, 3.05) is 5.73 Å². The van der Waals surface area contributed by atoms with Gasteiger partial charge in [-0.3, -0.25) is 4.79 Å². The summed E-state index contributed by atoms with van der Waals surface area (Å²) >= 11 is 0. The zero-order chi connectivity index (χ0) is 14.7. The van der Waals surface area contributed by atoms with Crippen LogP contribution in [0.5, 0.6) is 0 Å². The number of halogens is 2. The molecule has 3 nitrogen and oxygen atoms in total. The molecule has 20 heavy (non-hydrogen) atoms. The fourth-order valence-electron chi connectivity index (χ4n) is 1.82. The summed E-state index contributed by atoms with van der Waals surface area (Å²) in [4.78, 5) is 12.0. The van der Waals surface area contributed by atoms with E-state index in [1.54, 1.807) is 6.92 Å². The molecule has 3 N–H and O–H groups in total. The van der Waals surface area contributed by atoms with Gasteiger partial charge in [-0.15, -0.1) is 0 Å². The average molecular weight is 276 g/mol. The molecule has 0 aromatic heterocycles. The van der Waals surface area contributed by atoms with Crippen LogP contribution in [0, 0.1) is 11.6 Å². The molecule has 1 amide bonds. The van der Waals surface area contributed by atoms with Gasteiger partial charge in [-0.1, -0.05) is 30.3 Å². The average Bonchev–Trinajstić information content (AvgIpc) is 2.45. The van der Waals surface area contributed by atoms with Crippen LogP contribution in [-0.2, 0) is 0 Å². The summed E-state index contributed by atoms with van der Waals surface area (Å²) in [5.74, 6) is -2.44. The van der Waals surface area contributed by atoms with E-state index in [0.29, 0.717) is 0 Å². The first-order valence-electron chi connectivity index (χ1n) is 6.09. The lowest BCUT2D eigenvalue weighted by atomic mass is 10.1. The van der Waals surface area contributed by atoms with E-state index in [1.165, 1.54) is 0 Å². The molecule has 0 heterocycles. The first-order valence-corrected chi connectivity index (χ1v) is 6.09. The number of benzene rings is 2. The maximum Gasteiger partial charge on any atom is 0.251 e. The normalized spacial score (nSPS) is 11.9. The van der Waals surface area contributed by atoms with E-state index < -0.39 is 23.2 Å². The predicted molar refractivity (Wildman–Crippen MR) is 73.1 cm³/mol. The van der Waals surface area contributed by atoms with Crippen molar-refractivity contribution in [3.05, 3.63) is 65.2 Å². The largest absolute Gasteiger partial charge is 0.394 e. The van der Waals surface area contributed by atoms with Gasteiger partial charge >= 0.3 is 0 Å². The minimum absolute atomic E-state index is 0.100. The van der Waals surface area contributed by atoms with Crippen LogP contribution in [0.4, 0.5) is 14.5 Å². The van der Waals surface area contributed by atoms with Gasteiger partial charge in [0, 0.05) is 5.56 Å². The molecule has 104 valence electrons. The number of amides is 1. The lowest BCUT2D eigenvalue weighted by Gasteiger charge is -2.14. The standard InChI is InChI=1S/C15H14F2N2O/c1-9(10-5-3-2-4-6-10)19-15(20)11-7-12(16)14(18)13(17)8-11/h2-9H,18H2,1H3,(H,19,20). The van der Waals surface area contributed by atoms with Crippen LogP contribution in [-0.4, -0.2) is 5.91 Å². The summed E-state index contributed by atoms with van der Waals surface area (Å²) in [6, 6.07) is 10.8. The van der Waals surface area contributed by atoms with Crippen molar-refractivity contribution in [2.45, 2.75) is 13.0 Å². The Morgan fingerprint density at radius 2 is 1.70 bits per heavy atom. The number of nitrogens with one attached hydrogen (secondary N) is 1. The van der Waals surface area contributed by atoms with E-state index in [9.17, 15) is 13.6 Å². The van der Waals surface area contributed by atoms with E-state index in [2.05, 4.69) is 5.32 Å². The SMILES string of the molecule is CC(NC(=O)c1cc(F)c(N)c(F)c1)c1ccccc1. The summed E-state index contributed by atoms with van der Waals surface area (Å²) < 4.78 is 26.6. The molecule has 1 unspecified atom stereocenters. The molecular weight excluding hydrogens is 262 g/mol. The highest BCUT2D eigenvalue weighted by molar-refractivity contribution is 5.94. The fraction of sp³-hybridized carbons (Fsp3) is 0.133. The molecule has 2 aromatic rings. The second-order valence-electron chi connectivity index (χ2n) is 4.46. The van der Waals surface area contributed by atoms with E-state index in [0.717, 1.165) is 17.7 Å². The van der Waals surface area contributed by atoms with Crippen LogP contribution < -0.4 is 11.1 Å². The summed E-state index contributed by atoms with van der Waals surface area (Å²) in [5.41, 5.74) is 5.38. The summed E-state index contributed by atoms with van der Waals surface area (Å²) in [6.45, 7) is 1.79. The van der Waals surface area contributed by atoms with Gasteiger partial charge in [-0.25, -0.2) is 8.78 Å². The fourth-order valence-corrected chi connectivity index (χ4v) is 1.82. The number of hydrogen-bond donors (Lipinski definition) is 2. The molecule has 0 aliphatic heterocycles. The van der Waals surface area contributed by atoms with Crippen molar-refractivity contribution < 1.29 is 13.6 Å². The lowest BCUT2D eigenvalue weighted by Crippen LogP contribution is -2.27. The predicted octanol–water partition coefficient (Wildman–Crippen LogP) is 3.04. The summed E-state index contributed by atoms with van der Waals surface area (Å²) in [5, 5.41) is 2.67. The van der Waals surface area contributed by atoms with Crippen LogP contribution in [0.2, 0.25) is 0 Å². The monoisotopic (exact) mass is 276 g/mol. The molecule has 0 fully saturated rings. The number of anilines is 1. The number of nitrogens with two attached hydrogens (primary N) is 1. The molecule has 0 saturated heterocycles. The Balaban J connectivity index is 2.17. The lowest BCUT2D eigenvalue weighted by molar-refractivity contribution is 0.0939. The van der Waals surface area contributed by atoms with Gasteiger partial charge in [0.1, 0.15) is 17.3 Å². The molecule has 0 aliphatic carbocycles. The molecule has 0 radical (unpaired) electrons. The molecular formula is C15H14F2N2O. The van der Waals surface area contributed by atoms with Crippen LogP contribution in [0.15, 0.2) is 42.5 Å². The molecule has 1 atom stereocenters. The van der Waals surface area contributed by atoms with Crippen LogP contribution in [0.25, 0.3) is 0 Å². The number of carbonyl (C=O) groups excluding carboxylic acids is 1. The van der Waals surface area contributed by atoms with Crippen molar-refractivity contribution in [1.29, 1.82) is 0 Å². The second kappa shape index (κ2) is 5.69. The second-order valence-corrected chi connectivity index (χ2v) is 4.46. The highest BCUT2D eigenvalue weighted by Crippen LogP contribution is 2.18. The van der Waals surface area contributed by atoms with Crippen molar-refractivity contribution in [1.82, 2.24) is 5.32 Å². The Morgan fingerprint density at radius 3 is 2.25 bits per heavy atom. The minimum Gasteiger partial charge on any atom is -0.394 e. The van der Waals surface area contributed by atoms with Crippen LogP contribution in [0.3, 0.4) is 0 Å². The first-order chi connectivity index (χ1) is 9.49. The van der Waals surface area contributed by atoms with E-state index in [4.69, 9.17) is 5.73 Å². The van der Waals surface area contributed by atoms with Gasteiger partial charge in [0.15, 0.2) is 0 Å². The third-order valence-corrected chi connectivity index (χ3v) is 2.99. The molecule has 0 aliphatic rings. The summed E-state index contributed by atoms with van der Waals surface area (Å²) in [7, 11) is 0. The molecule has 0 saturated carbocycles. The van der Waals surface area contributed by atoms with Gasteiger partial charge in [-0.2, -0.15) is 0 Å². The molecule has 2 aromatic carbocycles. The van der Waals surface area contributed by atoms with E-state index >= 15 is 0 Å². The quantitative estimate of drug-likeness (QED) is 0.847. The van der Waals surface area contributed by atoms with Gasteiger partial charge in [0.05, 0.1) is 6.04 Å². The highest BCUT2D eigenvalue weighted by atomic mass is 19.1. The maximum atomic E-state index is 13.3. The Morgan fingerprint density at radius 1 is 1.15 bits per heavy atom. The zero-order valence-corrected chi connectivity index (χ0v) is 10.9. The zero-order valence-electron chi connectivity index (χ0n) is 10.9. The van der Waals surface area contributed by atoms with E-state index in [1.807, 2.05) is 30.3 Å². The van der Waals surface area contributed by atoms with Crippen LogP contribution in [0.1, 0.15) is 28.9 Å². The summed E-state index contributed by atoms with van der Waals surface area (Å²) in [6.07, 6.45) is 0. The molecule has 2 rings (SSSR count). The minimum atomic E-state index is -0.942. The number of hydrogen-bond acceptors (Lipinski definition) is 2. The number of nitrogen functional groups attached to an aromatic ring is 1. The Labute approximate surface area is 115 Å². The van der Waals surface area contributed by atoms with Gasteiger partial charge < -0.3 is 11.1 Å². The van der Waals surface area contributed by atoms with Gasteiger partial charge in [0.25, 0.3) is 5.91 Å². The molecule has 0 spiro atoms. The highest BCUT2D eigenvalue weighted by Gasteiger charge is 2.15. The van der Waals surface area contributed by atoms with Crippen molar-refractivity contribution in [3.8, 4) is 0 Å². The van der Waals surface area contributed by atoms with E-state index in [-0.39, 0.29) is 11.6 Å². The Kier molecular flexibility index (Phi) is 3.98. The Bertz CT molecular complexity index is 606. The van der Waals surface area contributed by atoms with Crippen molar-refractivity contribution in [2.24, 2.45) is 0 Å². The third kappa shape index (κ3) is 2.93. The van der Waals surface area contributed by atoms with Gasteiger partial charge in [-0.05, 0) is 24.6 Å². The number of rotatable bonds is 3. The van der Waals surface area contributed by atoms with Crippen LogP contribution >= 0.6 is 0 Å². The third-order valence-electron chi connectivity index (χ3n) is 2.99. The van der Waals surface area contributed by atoms with Crippen molar-refractivity contribution in [3.63, 3.8) is 0 Å². The number of carbonyl (C=O) groups is 1. The smallest absolute Gasteiger partial charge is 0.251 e. The maximum absolute atomic E-state index is 13.3. The Hall–Kier alpha value is -2.43.